The third-order valence-electron chi connectivity index (χ3n) is 2.91. The quantitative estimate of drug-likeness (QED) is 0.870. The van der Waals surface area contributed by atoms with Gasteiger partial charge in [0, 0.05) is 11.8 Å². The molecule has 0 saturated heterocycles. The van der Waals surface area contributed by atoms with Gasteiger partial charge < -0.3 is 5.73 Å². The number of rotatable bonds is 4. The fourth-order valence-corrected chi connectivity index (χ4v) is 2.88. The van der Waals surface area contributed by atoms with E-state index in [1.165, 1.54) is 0 Å². The number of nitrogens with two attached hydrogens (primary N) is 1. The number of aromatic nitrogens is 1. The molecule has 1 aromatic heterocycles. The zero-order valence-corrected chi connectivity index (χ0v) is 12.2. The summed E-state index contributed by atoms with van der Waals surface area (Å²) in [4.78, 5) is 3.59. The van der Waals surface area contributed by atoms with E-state index in [-0.39, 0.29) is 22.4 Å². The molecule has 1 unspecified atom stereocenters. The first kappa shape index (κ1) is 16.3. The lowest BCUT2D eigenvalue weighted by atomic mass is 10.1. The molecular weight excluding hydrogens is 311 g/mol. The molecule has 2 N–H and O–H groups in total. The molecule has 0 spiro atoms. The van der Waals surface area contributed by atoms with Crippen molar-refractivity contribution in [3.05, 3.63) is 59.3 Å². The molecule has 1 atom stereocenters. The van der Waals surface area contributed by atoms with Crippen molar-refractivity contribution in [2.75, 3.05) is 6.54 Å². The van der Waals surface area contributed by atoms with Crippen LogP contribution < -0.4 is 5.73 Å². The second-order valence-electron chi connectivity index (χ2n) is 4.41. The molecule has 0 saturated carbocycles. The summed E-state index contributed by atoms with van der Waals surface area (Å²) in [5, 5.41) is 8.82. The molecule has 0 aliphatic rings. The summed E-state index contributed by atoms with van der Waals surface area (Å²) in [5.41, 5.74) is 5.68. The van der Waals surface area contributed by atoms with Gasteiger partial charge in [0.05, 0.1) is 5.56 Å². The molecule has 0 fully saturated rings. The number of hydrogen-bond acceptors (Lipinski definition) is 4. The number of halogens is 3. The van der Waals surface area contributed by atoms with E-state index in [0.717, 1.165) is 29.5 Å². The molecule has 7 heteroatoms. The highest BCUT2D eigenvalue weighted by Gasteiger charge is 2.33. The Morgan fingerprint density at radius 3 is 2.41 bits per heavy atom. The van der Waals surface area contributed by atoms with E-state index in [9.17, 15) is 13.2 Å². The zero-order valence-electron chi connectivity index (χ0n) is 11.3. The third kappa shape index (κ3) is 3.78. The van der Waals surface area contributed by atoms with Crippen LogP contribution >= 0.6 is 11.8 Å². The third-order valence-corrected chi connectivity index (χ3v) is 4.19. The highest BCUT2D eigenvalue weighted by molar-refractivity contribution is 7.99. The fourth-order valence-electron chi connectivity index (χ4n) is 1.83. The molecule has 0 bridgehead atoms. The summed E-state index contributed by atoms with van der Waals surface area (Å²) in [5.74, 6) is 0. The molecule has 114 valence electrons. The van der Waals surface area contributed by atoms with Crippen molar-refractivity contribution >= 4 is 11.8 Å². The van der Waals surface area contributed by atoms with Gasteiger partial charge in [-0.05, 0) is 17.7 Å². The Labute approximate surface area is 130 Å². The minimum absolute atomic E-state index is 0.0385. The van der Waals surface area contributed by atoms with Crippen molar-refractivity contribution < 1.29 is 13.2 Å². The standard InChI is InChI=1S/C15H12F3N3S/c16-15(17,18)13-7-6-11(8-19)14(21-13)22-12(9-20)10-4-2-1-3-5-10/h1-7,12H,9,20H2. The van der Waals surface area contributed by atoms with Crippen molar-refractivity contribution in [3.8, 4) is 6.07 Å². The average Bonchev–Trinajstić information content (AvgIpc) is 2.52. The predicted octanol–water partition coefficient (Wildman–Crippen LogP) is 3.76. The Morgan fingerprint density at radius 1 is 1.18 bits per heavy atom. The van der Waals surface area contributed by atoms with Crippen LogP contribution in [-0.4, -0.2) is 11.5 Å². The van der Waals surface area contributed by atoms with Gasteiger partial charge in [0.25, 0.3) is 0 Å². The molecule has 0 amide bonds. The number of hydrogen-bond donors (Lipinski definition) is 1. The minimum atomic E-state index is -4.55. The molecule has 1 heterocycles. The van der Waals surface area contributed by atoms with Gasteiger partial charge >= 0.3 is 6.18 Å². The molecule has 2 aromatic rings. The lowest BCUT2D eigenvalue weighted by Crippen LogP contribution is -2.12. The van der Waals surface area contributed by atoms with Crippen molar-refractivity contribution in [3.63, 3.8) is 0 Å². The first-order chi connectivity index (χ1) is 10.5. The molecule has 3 nitrogen and oxygen atoms in total. The normalized spacial score (nSPS) is 12.7. The van der Waals surface area contributed by atoms with Crippen molar-refractivity contribution in [1.82, 2.24) is 4.98 Å². The van der Waals surface area contributed by atoms with Crippen LogP contribution in [0.5, 0.6) is 0 Å². The van der Waals surface area contributed by atoms with E-state index in [4.69, 9.17) is 11.0 Å². The van der Waals surface area contributed by atoms with E-state index in [1.807, 2.05) is 36.4 Å². The van der Waals surface area contributed by atoms with Gasteiger partial charge in [0.1, 0.15) is 16.8 Å². The van der Waals surface area contributed by atoms with Gasteiger partial charge in [-0.3, -0.25) is 0 Å². The van der Waals surface area contributed by atoms with Crippen molar-refractivity contribution in [1.29, 1.82) is 5.26 Å². The maximum atomic E-state index is 12.8. The molecule has 1 aromatic carbocycles. The molecular formula is C15H12F3N3S. The first-order valence-electron chi connectivity index (χ1n) is 6.35. The second kappa shape index (κ2) is 6.81. The van der Waals surface area contributed by atoms with Crippen LogP contribution in [-0.2, 0) is 6.18 Å². The van der Waals surface area contributed by atoms with E-state index >= 15 is 0 Å². The van der Waals surface area contributed by atoms with Gasteiger partial charge in [0.15, 0.2) is 0 Å². The highest BCUT2D eigenvalue weighted by Crippen LogP contribution is 2.37. The summed E-state index contributed by atoms with van der Waals surface area (Å²) in [6.07, 6.45) is -4.55. The van der Waals surface area contributed by atoms with Crippen LogP contribution in [0.25, 0.3) is 0 Å². The topological polar surface area (TPSA) is 62.7 Å². The number of thioether (sulfide) groups is 1. The smallest absolute Gasteiger partial charge is 0.329 e. The Morgan fingerprint density at radius 2 is 1.86 bits per heavy atom. The number of pyridine rings is 1. The summed E-state index contributed by atoms with van der Waals surface area (Å²) < 4.78 is 38.3. The Hall–Kier alpha value is -2.04. The van der Waals surface area contributed by atoms with Crippen LogP contribution in [0.15, 0.2) is 47.5 Å². The van der Waals surface area contributed by atoms with Crippen molar-refractivity contribution in [2.45, 2.75) is 16.5 Å². The summed E-state index contributed by atoms with van der Waals surface area (Å²) in [6, 6.07) is 13.0. The van der Waals surface area contributed by atoms with Gasteiger partial charge in [-0.25, -0.2) is 4.98 Å². The maximum Gasteiger partial charge on any atom is 0.433 e. The van der Waals surface area contributed by atoms with E-state index < -0.39 is 11.9 Å². The minimum Gasteiger partial charge on any atom is -0.329 e. The molecule has 0 radical (unpaired) electrons. The largest absolute Gasteiger partial charge is 0.433 e. The SMILES string of the molecule is N#Cc1ccc(C(F)(F)F)nc1SC(CN)c1ccccc1. The Bertz CT molecular complexity index is 681. The Kier molecular flexibility index (Phi) is 5.06. The van der Waals surface area contributed by atoms with E-state index in [0.29, 0.717) is 0 Å². The summed E-state index contributed by atoms with van der Waals surface area (Å²) in [6.45, 7) is 0.220. The van der Waals surface area contributed by atoms with Crippen LogP contribution in [0.3, 0.4) is 0 Å². The lowest BCUT2D eigenvalue weighted by Gasteiger charge is -2.16. The van der Waals surface area contributed by atoms with Crippen molar-refractivity contribution in [2.24, 2.45) is 5.73 Å². The maximum absolute atomic E-state index is 12.8. The van der Waals surface area contributed by atoms with E-state index in [2.05, 4.69) is 4.98 Å². The highest BCUT2D eigenvalue weighted by atomic mass is 32.2. The van der Waals surface area contributed by atoms with Gasteiger partial charge in [-0.2, -0.15) is 18.4 Å². The van der Waals surface area contributed by atoms with Crippen LogP contribution in [0.4, 0.5) is 13.2 Å². The monoisotopic (exact) mass is 323 g/mol. The summed E-state index contributed by atoms with van der Waals surface area (Å²) >= 11 is 1.06. The molecule has 0 aliphatic carbocycles. The molecule has 2 rings (SSSR count). The zero-order chi connectivity index (χ0) is 16.2. The Balaban J connectivity index is 2.37. The van der Waals surface area contributed by atoms with Gasteiger partial charge in [0.2, 0.25) is 0 Å². The van der Waals surface area contributed by atoms with Crippen LogP contribution in [0, 0.1) is 11.3 Å². The molecule has 22 heavy (non-hydrogen) atoms. The van der Waals surface area contributed by atoms with Crippen LogP contribution in [0.2, 0.25) is 0 Å². The number of alkyl halides is 3. The number of benzene rings is 1. The van der Waals surface area contributed by atoms with E-state index in [1.54, 1.807) is 0 Å². The predicted molar refractivity (Wildman–Crippen MR) is 78.0 cm³/mol. The van der Waals surface area contributed by atoms with Crippen LogP contribution in [0.1, 0.15) is 22.1 Å². The first-order valence-corrected chi connectivity index (χ1v) is 7.23. The summed E-state index contributed by atoms with van der Waals surface area (Å²) in [7, 11) is 0. The number of nitriles is 1. The molecule has 0 aliphatic heterocycles. The lowest BCUT2D eigenvalue weighted by molar-refractivity contribution is -0.141. The van der Waals surface area contributed by atoms with Gasteiger partial charge in [-0.15, -0.1) is 0 Å². The number of nitrogens with zero attached hydrogens (tertiary/aromatic N) is 2. The second-order valence-corrected chi connectivity index (χ2v) is 5.60. The van der Waals surface area contributed by atoms with Gasteiger partial charge in [-0.1, -0.05) is 42.1 Å². The fraction of sp³-hybridized carbons (Fsp3) is 0.200. The average molecular weight is 323 g/mol.